The Morgan fingerprint density at radius 1 is 0.971 bits per heavy atom. The zero-order valence-electron chi connectivity index (χ0n) is 19.7. The van der Waals surface area contributed by atoms with E-state index in [2.05, 4.69) is 35.8 Å². The van der Waals surface area contributed by atoms with Crippen LogP contribution in [0.2, 0.25) is 5.02 Å². The van der Waals surface area contributed by atoms with Crippen molar-refractivity contribution >= 4 is 41.3 Å². The van der Waals surface area contributed by atoms with Crippen molar-refractivity contribution in [3.63, 3.8) is 0 Å². The molecule has 0 unspecified atom stereocenters. The fourth-order valence-corrected chi connectivity index (χ4v) is 3.95. The van der Waals surface area contributed by atoms with Gasteiger partial charge in [0.05, 0.1) is 0 Å². The molecule has 0 aliphatic carbocycles. The highest BCUT2D eigenvalue weighted by Crippen LogP contribution is 2.28. The standard InChI is InChI=1S/C19H19ClN2O4.C8H10S/c1-2-10-22(19(26)21-12-17(23)24)18(25)14-7-5-6-13(11-14)15-8-3-4-9-16(15)20;1-9-7-8-5-3-2-4-6-8/h3-9,11H,2,10,12H2,1H3,(H,21,26)(H,23,24);2-6H,7H2,1H3. The van der Waals surface area contributed by atoms with Crippen LogP contribution in [0.1, 0.15) is 29.3 Å². The van der Waals surface area contributed by atoms with Crippen LogP contribution in [0.5, 0.6) is 0 Å². The van der Waals surface area contributed by atoms with Crippen LogP contribution in [0.25, 0.3) is 11.1 Å². The van der Waals surface area contributed by atoms with Crippen LogP contribution in [0.3, 0.4) is 0 Å². The van der Waals surface area contributed by atoms with Crippen LogP contribution < -0.4 is 5.32 Å². The topological polar surface area (TPSA) is 86.7 Å². The molecule has 3 amide bonds. The molecule has 0 saturated heterocycles. The lowest BCUT2D eigenvalue weighted by molar-refractivity contribution is -0.135. The summed E-state index contributed by atoms with van der Waals surface area (Å²) in [5, 5.41) is 11.5. The number of halogens is 1. The monoisotopic (exact) mass is 512 g/mol. The normalized spacial score (nSPS) is 10.0. The summed E-state index contributed by atoms with van der Waals surface area (Å²) in [6, 6.07) is 23.8. The van der Waals surface area contributed by atoms with Gasteiger partial charge in [-0.25, -0.2) is 4.79 Å². The number of carboxylic acids is 1. The maximum atomic E-state index is 12.8. The predicted octanol–water partition coefficient (Wildman–Crippen LogP) is 6.20. The third-order valence-electron chi connectivity index (χ3n) is 4.78. The minimum absolute atomic E-state index is 0.181. The third-order valence-corrected chi connectivity index (χ3v) is 5.73. The van der Waals surface area contributed by atoms with Gasteiger partial charge in [-0.2, -0.15) is 11.8 Å². The molecule has 8 heteroatoms. The fourth-order valence-electron chi connectivity index (χ4n) is 3.18. The number of rotatable bonds is 8. The van der Waals surface area contributed by atoms with E-state index in [-0.39, 0.29) is 6.54 Å². The number of hydrogen-bond acceptors (Lipinski definition) is 4. The molecule has 0 aromatic heterocycles. The van der Waals surface area contributed by atoms with E-state index in [0.29, 0.717) is 17.0 Å². The van der Waals surface area contributed by atoms with Gasteiger partial charge in [0, 0.05) is 28.4 Å². The van der Waals surface area contributed by atoms with E-state index >= 15 is 0 Å². The Bertz CT molecular complexity index is 1120. The first-order valence-electron chi connectivity index (χ1n) is 11.1. The number of imide groups is 1. The van der Waals surface area contributed by atoms with E-state index < -0.39 is 24.5 Å². The molecular formula is C27H29ClN2O4S. The lowest BCUT2D eigenvalue weighted by atomic mass is 10.0. The zero-order chi connectivity index (χ0) is 25.6. The highest BCUT2D eigenvalue weighted by molar-refractivity contribution is 7.97. The van der Waals surface area contributed by atoms with Crippen molar-refractivity contribution in [3.05, 3.63) is 95.0 Å². The third kappa shape index (κ3) is 9.11. The summed E-state index contributed by atoms with van der Waals surface area (Å²) in [5.74, 6) is -0.549. The van der Waals surface area contributed by atoms with Crippen molar-refractivity contribution in [2.45, 2.75) is 19.1 Å². The molecule has 0 spiro atoms. The molecule has 0 aliphatic rings. The molecule has 0 aliphatic heterocycles. The molecule has 0 atom stereocenters. The van der Waals surface area contributed by atoms with E-state index in [1.165, 1.54) is 5.56 Å². The van der Waals surface area contributed by atoms with Crippen LogP contribution in [-0.4, -0.2) is 47.3 Å². The van der Waals surface area contributed by atoms with Gasteiger partial charge in [0.15, 0.2) is 0 Å². The van der Waals surface area contributed by atoms with E-state index in [4.69, 9.17) is 16.7 Å². The Morgan fingerprint density at radius 3 is 2.29 bits per heavy atom. The van der Waals surface area contributed by atoms with E-state index in [1.54, 1.807) is 24.3 Å². The van der Waals surface area contributed by atoms with Crippen LogP contribution in [0, 0.1) is 0 Å². The lowest BCUT2D eigenvalue weighted by Gasteiger charge is -2.20. The average molecular weight is 513 g/mol. The molecule has 3 aromatic rings. The summed E-state index contributed by atoms with van der Waals surface area (Å²) in [5.41, 5.74) is 3.26. The van der Waals surface area contributed by atoms with Crippen LogP contribution >= 0.6 is 23.4 Å². The van der Waals surface area contributed by atoms with Gasteiger partial charge in [0.25, 0.3) is 5.91 Å². The van der Waals surface area contributed by atoms with Crippen molar-refractivity contribution < 1.29 is 19.5 Å². The molecule has 6 nitrogen and oxygen atoms in total. The summed E-state index contributed by atoms with van der Waals surface area (Å²) in [4.78, 5) is 36.6. The minimum Gasteiger partial charge on any atom is -0.480 e. The Hall–Kier alpha value is -3.29. The summed E-state index contributed by atoms with van der Waals surface area (Å²) in [7, 11) is 0. The fraction of sp³-hybridized carbons (Fsp3) is 0.222. The zero-order valence-corrected chi connectivity index (χ0v) is 21.3. The van der Waals surface area contributed by atoms with Crippen LogP contribution in [-0.2, 0) is 10.5 Å². The Balaban J connectivity index is 0.000000402. The maximum absolute atomic E-state index is 12.8. The molecule has 35 heavy (non-hydrogen) atoms. The van der Waals surface area contributed by atoms with Crippen molar-refractivity contribution in [2.75, 3.05) is 19.3 Å². The minimum atomic E-state index is -1.18. The van der Waals surface area contributed by atoms with Crippen molar-refractivity contribution in [3.8, 4) is 11.1 Å². The number of benzene rings is 3. The molecule has 0 saturated carbocycles. The molecule has 0 bridgehead atoms. The van der Waals surface area contributed by atoms with Crippen molar-refractivity contribution in [2.24, 2.45) is 0 Å². The summed E-state index contributed by atoms with van der Waals surface area (Å²) < 4.78 is 0. The number of nitrogens with zero attached hydrogens (tertiary/aromatic N) is 1. The van der Waals surface area contributed by atoms with Crippen LogP contribution in [0.15, 0.2) is 78.9 Å². The van der Waals surface area contributed by atoms with Gasteiger partial charge in [-0.3, -0.25) is 14.5 Å². The first-order chi connectivity index (χ1) is 16.9. The molecule has 0 fully saturated rings. The van der Waals surface area contributed by atoms with Crippen LogP contribution in [0.4, 0.5) is 4.79 Å². The number of urea groups is 1. The molecule has 0 heterocycles. The smallest absolute Gasteiger partial charge is 0.324 e. The van der Waals surface area contributed by atoms with Crippen molar-refractivity contribution in [1.29, 1.82) is 0 Å². The molecule has 184 valence electrons. The number of thioether (sulfide) groups is 1. The number of carbonyl (C=O) groups is 3. The molecule has 0 radical (unpaired) electrons. The number of nitrogens with one attached hydrogen (secondary N) is 1. The summed E-state index contributed by atoms with van der Waals surface area (Å²) in [6.45, 7) is 1.46. The molecule has 3 aromatic carbocycles. The predicted molar refractivity (Wildman–Crippen MR) is 143 cm³/mol. The maximum Gasteiger partial charge on any atom is 0.324 e. The second-order valence-corrected chi connectivity index (χ2v) is 8.76. The van der Waals surface area contributed by atoms with Crippen molar-refractivity contribution in [1.82, 2.24) is 10.2 Å². The second kappa shape index (κ2) is 14.9. The number of hydrogen-bond donors (Lipinski definition) is 2. The first kappa shape index (κ1) is 28.0. The highest BCUT2D eigenvalue weighted by Gasteiger charge is 2.22. The Kier molecular flexibility index (Phi) is 11.9. The highest BCUT2D eigenvalue weighted by atomic mass is 35.5. The summed E-state index contributed by atoms with van der Waals surface area (Å²) in [6.07, 6.45) is 2.67. The summed E-state index contributed by atoms with van der Waals surface area (Å²) >= 11 is 8.06. The lowest BCUT2D eigenvalue weighted by Crippen LogP contribution is -2.45. The van der Waals surface area contributed by atoms with Gasteiger partial charge >= 0.3 is 12.0 Å². The largest absolute Gasteiger partial charge is 0.480 e. The number of amides is 3. The van der Waals surface area contributed by atoms with E-state index in [0.717, 1.165) is 21.8 Å². The van der Waals surface area contributed by atoms with Gasteiger partial charge < -0.3 is 10.4 Å². The van der Waals surface area contributed by atoms with E-state index in [9.17, 15) is 14.4 Å². The Labute approximate surface area is 215 Å². The number of carboxylic acid groups (broad SMARTS) is 1. The molecule has 2 N–H and O–H groups in total. The molecular weight excluding hydrogens is 484 g/mol. The number of aliphatic carboxylic acids is 1. The first-order valence-corrected chi connectivity index (χ1v) is 12.8. The Morgan fingerprint density at radius 2 is 1.66 bits per heavy atom. The average Bonchev–Trinajstić information content (AvgIpc) is 2.87. The van der Waals surface area contributed by atoms with Gasteiger partial charge in [-0.15, -0.1) is 0 Å². The number of carbonyl (C=O) groups excluding carboxylic acids is 2. The van der Waals surface area contributed by atoms with E-state index in [1.807, 2.05) is 49.0 Å². The second-order valence-electron chi connectivity index (χ2n) is 7.49. The van der Waals surface area contributed by atoms with Gasteiger partial charge in [0.1, 0.15) is 6.54 Å². The van der Waals surface area contributed by atoms with Gasteiger partial charge in [0.2, 0.25) is 0 Å². The quantitative estimate of drug-likeness (QED) is 0.375. The van der Waals surface area contributed by atoms with Gasteiger partial charge in [-0.1, -0.05) is 79.2 Å². The molecule has 3 rings (SSSR count). The SMILES string of the molecule is CCCN(C(=O)NCC(=O)O)C(=O)c1cccc(-c2ccccc2Cl)c1.CSCc1ccccc1. The van der Waals surface area contributed by atoms with Gasteiger partial charge in [-0.05, 0) is 42.0 Å².